The minimum atomic E-state index is -6.85. The van der Waals surface area contributed by atoms with Gasteiger partial charge in [0.2, 0.25) is 0 Å². The van der Waals surface area contributed by atoms with Gasteiger partial charge in [0.25, 0.3) is 0 Å². The number of aliphatic hydroxyl groups excluding tert-OH is 1. The maximum atomic E-state index is 13.0. The highest BCUT2D eigenvalue weighted by molar-refractivity contribution is 14.1. The highest BCUT2D eigenvalue weighted by Gasteiger charge is 2.81. The van der Waals surface area contributed by atoms with Crippen molar-refractivity contribution in [2.45, 2.75) is 40.7 Å². The normalized spacial score (nSPS) is 16.6. The Morgan fingerprint density at radius 1 is 0.842 bits per heavy atom. The number of aliphatic hydroxyl groups is 1. The van der Waals surface area contributed by atoms with E-state index in [0.29, 0.717) is 0 Å². The fourth-order valence-corrected chi connectivity index (χ4v) is 1.89. The molecule has 0 aromatic rings. The first-order chi connectivity index (χ1) is 8.20. The van der Waals surface area contributed by atoms with Gasteiger partial charge in [-0.1, -0.05) is 22.6 Å². The van der Waals surface area contributed by atoms with Crippen LogP contribution in [0.2, 0.25) is 0 Å². The molecule has 19 heavy (non-hydrogen) atoms. The van der Waals surface area contributed by atoms with Gasteiger partial charge in [-0.3, -0.25) is 0 Å². The molecule has 1 N–H and O–H groups in total. The van der Waals surface area contributed by atoms with Gasteiger partial charge in [0.15, 0.2) is 0 Å². The second kappa shape index (κ2) is 5.82. The summed E-state index contributed by atoms with van der Waals surface area (Å²) in [6.07, 6.45) is -9.14. The topological polar surface area (TPSA) is 20.2 Å². The van der Waals surface area contributed by atoms with Crippen molar-refractivity contribution in [3.05, 3.63) is 0 Å². The van der Waals surface area contributed by atoms with Crippen molar-refractivity contribution in [3.63, 3.8) is 0 Å². The average molecular weight is 418 g/mol. The molecule has 0 aliphatic heterocycles. The highest BCUT2D eigenvalue weighted by atomic mass is 127. The third kappa shape index (κ3) is 3.79. The minimum absolute atomic E-state index is 0.441. The molecule has 0 aliphatic carbocycles. The second-order valence-corrected chi connectivity index (χ2v) is 5.43. The average Bonchev–Trinajstić information content (AvgIpc) is 2.14. The number of alkyl halides is 10. The molecule has 0 amide bonds. The minimum Gasteiger partial charge on any atom is -0.396 e. The molecule has 0 fully saturated rings. The van der Waals surface area contributed by atoms with Crippen LogP contribution >= 0.6 is 22.6 Å². The lowest BCUT2D eigenvalue weighted by Gasteiger charge is -2.34. The van der Waals surface area contributed by atoms with Crippen LogP contribution in [0.5, 0.6) is 0 Å². The molecule has 0 aliphatic rings. The van der Waals surface area contributed by atoms with Crippen molar-refractivity contribution in [3.8, 4) is 0 Å². The summed E-state index contributed by atoms with van der Waals surface area (Å²) in [5, 5.41) is 8.36. The summed E-state index contributed by atoms with van der Waals surface area (Å²) in [7, 11) is 0. The molecule has 0 aromatic carbocycles. The maximum absolute atomic E-state index is 13.0. The van der Waals surface area contributed by atoms with Crippen molar-refractivity contribution < 1.29 is 44.6 Å². The fourth-order valence-electron chi connectivity index (χ4n) is 1.06. The van der Waals surface area contributed by atoms with Gasteiger partial charge in [0.05, 0.1) is 0 Å². The first-order valence-electron chi connectivity index (χ1n) is 4.66. The van der Waals surface area contributed by atoms with Crippen LogP contribution in [0, 0.1) is 0 Å². The lowest BCUT2D eigenvalue weighted by atomic mass is 9.99. The molecule has 0 rings (SSSR count). The molecular formula is C8H8F9IO. The van der Waals surface area contributed by atoms with Crippen LogP contribution in [-0.2, 0) is 0 Å². The molecule has 0 saturated heterocycles. The molecule has 1 nitrogen and oxygen atoms in total. The standard InChI is InChI=1S/C8H8F9IO/c9-5(10,3-4(18)1-2-19)6(11,12)7(13,14)8(15,16)17/h4,19H,1-3H2/t4-/m1/s1. The number of halogens is 10. The van der Waals surface area contributed by atoms with Crippen molar-refractivity contribution in [1.29, 1.82) is 0 Å². The predicted octanol–water partition coefficient (Wildman–Crippen LogP) is 4.03. The van der Waals surface area contributed by atoms with E-state index < -0.39 is 47.3 Å². The summed E-state index contributed by atoms with van der Waals surface area (Å²) in [6, 6.07) is 0. The van der Waals surface area contributed by atoms with Crippen LogP contribution in [0.4, 0.5) is 39.5 Å². The molecule has 0 unspecified atom stereocenters. The number of hydrogen-bond acceptors (Lipinski definition) is 1. The molecule has 0 radical (unpaired) electrons. The van der Waals surface area contributed by atoms with Crippen LogP contribution in [0.15, 0.2) is 0 Å². The zero-order chi connectivity index (χ0) is 15.7. The lowest BCUT2D eigenvalue weighted by Crippen LogP contribution is -2.61. The molecule has 0 spiro atoms. The second-order valence-electron chi connectivity index (χ2n) is 3.66. The summed E-state index contributed by atoms with van der Waals surface area (Å²) in [5.41, 5.74) is 0. The van der Waals surface area contributed by atoms with Crippen LogP contribution in [0.1, 0.15) is 12.8 Å². The van der Waals surface area contributed by atoms with Crippen molar-refractivity contribution in [2.75, 3.05) is 6.61 Å². The zero-order valence-electron chi connectivity index (χ0n) is 8.93. The lowest BCUT2D eigenvalue weighted by molar-refractivity contribution is -0.396. The van der Waals surface area contributed by atoms with Gasteiger partial charge >= 0.3 is 23.9 Å². The van der Waals surface area contributed by atoms with Crippen molar-refractivity contribution in [1.82, 2.24) is 0 Å². The smallest absolute Gasteiger partial charge is 0.396 e. The van der Waals surface area contributed by atoms with Gasteiger partial charge in [-0.25, -0.2) is 0 Å². The SMILES string of the molecule is OCC[C@@H](I)CC(F)(F)C(F)(F)C(F)(F)C(F)(F)F. The third-order valence-electron chi connectivity index (χ3n) is 2.13. The Labute approximate surface area is 115 Å². The van der Waals surface area contributed by atoms with Gasteiger partial charge in [-0.2, -0.15) is 39.5 Å². The van der Waals surface area contributed by atoms with Gasteiger partial charge in [-0.05, 0) is 6.42 Å². The van der Waals surface area contributed by atoms with Gasteiger partial charge in [0.1, 0.15) is 0 Å². The van der Waals surface area contributed by atoms with Gasteiger partial charge in [-0.15, -0.1) is 0 Å². The van der Waals surface area contributed by atoms with Gasteiger partial charge < -0.3 is 5.11 Å². The number of hydrogen-bond donors (Lipinski definition) is 1. The molecule has 0 saturated carbocycles. The van der Waals surface area contributed by atoms with Gasteiger partial charge in [0, 0.05) is 17.0 Å². The van der Waals surface area contributed by atoms with E-state index in [1.54, 1.807) is 0 Å². The van der Waals surface area contributed by atoms with E-state index in [0.717, 1.165) is 22.6 Å². The Morgan fingerprint density at radius 3 is 1.58 bits per heavy atom. The molecule has 0 bridgehead atoms. The van der Waals surface area contributed by atoms with Crippen molar-refractivity contribution >= 4 is 22.6 Å². The Balaban J connectivity index is 5.27. The summed E-state index contributed by atoms with van der Waals surface area (Å²) < 4.78 is 110. The summed E-state index contributed by atoms with van der Waals surface area (Å²) >= 11 is 1.16. The molecular weight excluding hydrogens is 410 g/mol. The number of rotatable bonds is 6. The third-order valence-corrected chi connectivity index (χ3v) is 3.19. The fraction of sp³-hybridized carbons (Fsp3) is 1.00. The van der Waals surface area contributed by atoms with Crippen LogP contribution in [0.25, 0.3) is 0 Å². The molecule has 116 valence electrons. The van der Waals surface area contributed by atoms with E-state index in [-0.39, 0.29) is 0 Å². The molecule has 11 heteroatoms. The maximum Gasteiger partial charge on any atom is 0.460 e. The Bertz CT molecular complexity index is 301. The van der Waals surface area contributed by atoms with E-state index in [2.05, 4.69) is 0 Å². The van der Waals surface area contributed by atoms with E-state index in [1.807, 2.05) is 0 Å². The predicted molar refractivity (Wildman–Crippen MR) is 55.0 cm³/mol. The van der Waals surface area contributed by atoms with Crippen LogP contribution in [0.3, 0.4) is 0 Å². The Hall–Kier alpha value is 0.0600. The summed E-state index contributed by atoms with van der Waals surface area (Å²) in [5.74, 6) is -19.0. The van der Waals surface area contributed by atoms with Crippen LogP contribution in [-0.4, -0.2) is 39.6 Å². The first kappa shape index (κ1) is 19.1. The van der Waals surface area contributed by atoms with E-state index >= 15 is 0 Å². The monoisotopic (exact) mass is 418 g/mol. The highest BCUT2D eigenvalue weighted by Crippen LogP contribution is 2.54. The molecule has 0 heterocycles. The Kier molecular flexibility index (Phi) is 5.84. The first-order valence-corrected chi connectivity index (χ1v) is 5.90. The largest absolute Gasteiger partial charge is 0.460 e. The van der Waals surface area contributed by atoms with E-state index in [1.165, 1.54) is 0 Å². The van der Waals surface area contributed by atoms with E-state index in [9.17, 15) is 39.5 Å². The zero-order valence-corrected chi connectivity index (χ0v) is 11.1. The molecule has 1 atom stereocenters. The Morgan fingerprint density at radius 2 is 1.26 bits per heavy atom. The molecule has 0 aromatic heterocycles. The quantitative estimate of drug-likeness (QED) is 0.393. The van der Waals surface area contributed by atoms with Crippen molar-refractivity contribution in [2.24, 2.45) is 0 Å². The summed E-state index contributed by atoms with van der Waals surface area (Å²) in [6.45, 7) is -0.690. The van der Waals surface area contributed by atoms with E-state index in [4.69, 9.17) is 5.11 Å². The van der Waals surface area contributed by atoms with Crippen LogP contribution < -0.4 is 0 Å². The summed E-state index contributed by atoms with van der Waals surface area (Å²) in [4.78, 5) is 0.